The summed E-state index contributed by atoms with van der Waals surface area (Å²) < 4.78 is 26.2. The fourth-order valence-electron chi connectivity index (χ4n) is 1.97. The van der Waals surface area contributed by atoms with Crippen molar-refractivity contribution in [2.75, 3.05) is 0 Å². The molecule has 19 heavy (non-hydrogen) atoms. The molecule has 0 bridgehead atoms. The van der Waals surface area contributed by atoms with Crippen LogP contribution in [0.15, 0.2) is 48.5 Å². The molecule has 1 unspecified atom stereocenters. The minimum atomic E-state index is -1.06. The van der Waals surface area contributed by atoms with Gasteiger partial charge >= 0.3 is 5.97 Å². The number of hydrogen-bond donors (Lipinski definition) is 1. The normalized spacial score (nSPS) is 12.1. The maximum absolute atomic E-state index is 13.1. The number of carboxylic acids is 1. The Kier molecular flexibility index (Phi) is 3.90. The summed E-state index contributed by atoms with van der Waals surface area (Å²) in [4.78, 5) is 11.3. The Morgan fingerprint density at radius 1 is 1.05 bits per heavy atom. The van der Waals surface area contributed by atoms with Crippen molar-refractivity contribution in [3.8, 4) is 0 Å². The maximum Gasteiger partial charge on any atom is 0.311 e. The molecular formula is C15H12F2O2. The first kappa shape index (κ1) is 13.2. The summed E-state index contributed by atoms with van der Waals surface area (Å²) in [6.45, 7) is 0. The number of halogens is 2. The number of aliphatic carboxylic acids is 1. The summed E-state index contributed by atoms with van der Waals surface area (Å²) >= 11 is 0. The molecule has 2 nitrogen and oxygen atoms in total. The Bertz CT molecular complexity index is 596. The fraction of sp³-hybridized carbons (Fsp3) is 0.133. The Morgan fingerprint density at radius 3 is 2.26 bits per heavy atom. The average molecular weight is 262 g/mol. The molecule has 0 radical (unpaired) electrons. The van der Waals surface area contributed by atoms with Gasteiger partial charge in [-0.2, -0.15) is 0 Å². The number of benzene rings is 2. The van der Waals surface area contributed by atoms with E-state index in [0.29, 0.717) is 11.1 Å². The molecule has 2 aromatic rings. The van der Waals surface area contributed by atoms with Crippen molar-refractivity contribution in [3.05, 3.63) is 71.3 Å². The fourth-order valence-corrected chi connectivity index (χ4v) is 1.97. The second kappa shape index (κ2) is 5.61. The van der Waals surface area contributed by atoms with Crippen molar-refractivity contribution in [1.29, 1.82) is 0 Å². The third-order valence-electron chi connectivity index (χ3n) is 2.88. The van der Waals surface area contributed by atoms with Crippen LogP contribution in [0.1, 0.15) is 17.0 Å². The van der Waals surface area contributed by atoms with Crippen LogP contribution in [0, 0.1) is 11.6 Å². The molecule has 0 aliphatic heterocycles. The van der Waals surface area contributed by atoms with E-state index in [9.17, 15) is 18.7 Å². The summed E-state index contributed by atoms with van der Waals surface area (Å²) in [5.74, 6) is -2.85. The Hall–Kier alpha value is -2.23. The van der Waals surface area contributed by atoms with Gasteiger partial charge in [-0.3, -0.25) is 4.79 Å². The zero-order valence-corrected chi connectivity index (χ0v) is 10.0. The molecule has 0 saturated carbocycles. The second-order valence-corrected chi connectivity index (χ2v) is 4.28. The molecule has 1 N–H and O–H groups in total. The van der Waals surface area contributed by atoms with Gasteiger partial charge in [0, 0.05) is 0 Å². The minimum absolute atomic E-state index is 0.122. The van der Waals surface area contributed by atoms with Crippen LogP contribution in [0.3, 0.4) is 0 Å². The van der Waals surface area contributed by atoms with Crippen molar-refractivity contribution in [3.63, 3.8) is 0 Å². The van der Waals surface area contributed by atoms with Crippen molar-refractivity contribution in [2.45, 2.75) is 12.3 Å². The summed E-state index contributed by atoms with van der Waals surface area (Å²) in [6, 6.07) is 11.2. The third kappa shape index (κ3) is 3.37. The molecule has 0 aliphatic carbocycles. The minimum Gasteiger partial charge on any atom is -0.481 e. The molecule has 0 saturated heterocycles. The Morgan fingerprint density at radius 2 is 1.68 bits per heavy atom. The zero-order chi connectivity index (χ0) is 13.8. The van der Waals surface area contributed by atoms with Gasteiger partial charge in [0.2, 0.25) is 0 Å². The number of rotatable bonds is 4. The van der Waals surface area contributed by atoms with Crippen LogP contribution in [-0.4, -0.2) is 11.1 Å². The van der Waals surface area contributed by atoms with Gasteiger partial charge in [-0.05, 0) is 41.8 Å². The number of carbonyl (C=O) groups is 1. The summed E-state index contributed by atoms with van der Waals surface area (Å²) in [5, 5.41) is 9.23. The van der Waals surface area contributed by atoms with E-state index in [-0.39, 0.29) is 6.42 Å². The van der Waals surface area contributed by atoms with E-state index >= 15 is 0 Å². The number of carboxylic acid groups (broad SMARTS) is 1. The lowest BCUT2D eigenvalue weighted by Crippen LogP contribution is -2.14. The van der Waals surface area contributed by atoms with Crippen molar-refractivity contribution >= 4 is 5.97 Å². The largest absolute Gasteiger partial charge is 0.481 e. The van der Waals surface area contributed by atoms with Gasteiger partial charge in [0.15, 0.2) is 0 Å². The lowest BCUT2D eigenvalue weighted by molar-refractivity contribution is -0.138. The highest BCUT2D eigenvalue weighted by molar-refractivity contribution is 5.76. The molecule has 0 spiro atoms. The highest BCUT2D eigenvalue weighted by Gasteiger charge is 2.20. The Labute approximate surface area is 109 Å². The lowest BCUT2D eigenvalue weighted by atomic mass is 9.92. The van der Waals surface area contributed by atoms with Gasteiger partial charge in [0.1, 0.15) is 11.6 Å². The smallest absolute Gasteiger partial charge is 0.311 e. The topological polar surface area (TPSA) is 37.3 Å². The highest BCUT2D eigenvalue weighted by Crippen LogP contribution is 2.22. The van der Waals surface area contributed by atoms with Crippen molar-refractivity contribution in [1.82, 2.24) is 0 Å². The summed E-state index contributed by atoms with van der Waals surface area (Å²) in [7, 11) is 0. The van der Waals surface area contributed by atoms with Crippen LogP contribution >= 0.6 is 0 Å². The molecule has 4 heteroatoms. The quantitative estimate of drug-likeness (QED) is 0.917. The van der Waals surface area contributed by atoms with E-state index in [1.165, 1.54) is 36.4 Å². The predicted octanol–water partition coefficient (Wildman–Crippen LogP) is 3.38. The van der Waals surface area contributed by atoms with E-state index in [0.717, 1.165) is 0 Å². The van der Waals surface area contributed by atoms with Crippen LogP contribution in [0.5, 0.6) is 0 Å². The van der Waals surface area contributed by atoms with E-state index in [4.69, 9.17) is 0 Å². The maximum atomic E-state index is 13.1. The molecule has 1 atom stereocenters. The van der Waals surface area contributed by atoms with Gasteiger partial charge in [0.25, 0.3) is 0 Å². The van der Waals surface area contributed by atoms with Gasteiger partial charge in [-0.15, -0.1) is 0 Å². The molecule has 0 aromatic heterocycles. The molecule has 0 heterocycles. The molecule has 0 amide bonds. The summed E-state index contributed by atoms with van der Waals surface area (Å²) in [6.07, 6.45) is 0.122. The molecule has 2 aromatic carbocycles. The Balaban J connectivity index is 2.29. The number of hydrogen-bond acceptors (Lipinski definition) is 1. The van der Waals surface area contributed by atoms with Crippen LogP contribution in [0.4, 0.5) is 8.78 Å². The van der Waals surface area contributed by atoms with Crippen LogP contribution < -0.4 is 0 Å². The van der Waals surface area contributed by atoms with Gasteiger partial charge in [-0.25, -0.2) is 8.78 Å². The highest BCUT2D eigenvalue weighted by atomic mass is 19.1. The first-order valence-corrected chi connectivity index (χ1v) is 5.79. The van der Waals surface area contributed by atoms with E-state index in [1.807, 2.05) is 0 Å². The predicted molar refractivity (Wildman–Crippen MR) is 66.9 cm³/mol. The SMILES string of the molecule is O=C(O)C(Cc1cccc(F)c1)c1cccc(F)c1. The average Bonchev–Trinajstić information content (AvgIpc) is 2.35. The van der Waals surface area contributed by atoms with E-state index < -0.39 is 23.5 Å². The molecular weight excluding hydrogens is 250 g/mol. The molecule has 98 valence electrons. The second-order valence-electron chi connectivity index (χ2n) is 4.28. The van der Waals surface area contributed by atoms with Crippen LogP contribution in [0.2, 0.25) is 0 Å². The van der Waals surface area contributed by atoms with E-state index in [2.05, 4.69) is 0 Å². The molecule has 0 aliphatic rings. The van der Waals surface area contributed by atoms with Gasteiger partial charge in [0.05, 0.1) is 5.92 Å². The first-order chi connectivity index (χ1) is 9.06. The van der Waals surface area contributed by atoms with Crippen molar-refractivity contribution in [2.24, 2.45) is 0 Å². The lowest BCUT2D eigenvalue weighted by Gasteiger charge is -2.13. The monoisotopic (exact) mass is 262 g/mol. The van der Waals surface area contributed by atoms with Crippen LogP contribution in [-0.2, 0) is 11.2 Å². The van der Waals surface area contributed by atoms with Crippen molar-refractivity contribution < 1.29 is 18.7 Å². The first-order valence-electron chi connectivity index (χ1n) is 5.79. The standard InChI is InChI=1S/C15H12F2O2/c16-12-5-1-3-10(7-12)8-14(15(18)19)11-4-2-6-13(17)9-11/h1-7,9,14H,8H2,(H,18,19). The molecule has 0 fully saturated rings. The van der Waals surface area contributed by atoms with Gasteiger partial charge < -0.3 is 5.11 Å². The van der Waals surface area contributed by atoms with E-state index in [1.54, 1.807) is 12.1 Å². The third-order valence-corrected chi connectivity index (χ3v) is 2.88. The zero-order valence-electron chi connectivity index (χ0n) is 10.0. The van der Waals surface area contributed by atoms with Crippen LogP contribution in [0.25, 0.3) is 0 Å². The van der Waals surface area contributed by atoms with Gasteiger partial charge in [-0.1, -0.05) is 24.3 Å². The summed E-state index contributed by atoms with van der Waals surface area (Å²) in [5.41, 5.74) is 0.938. The molecule has 2 rings (SSSR count).